The maximum atomic E-state index is 9.72. The molecule has 6 nitrogen and oxygen atoms in total. The van der Waals surface area contributed by atoms with Crippen LogP contribution in [0, 0.1) is 0 Å². The monoisotopic (exact) mass is 445 g/mol. The first kappa shape index (κ1) is 19.2. The highest BCUT2D eigenvalue weighted by Gasteiger charge is 2.22. The molecule has 0 unspecified atom stereocenters. The maximum absolute atomic E-state index is 9.72. The summed E-state index contributed by atoms with van der Waals surface area (Å²) in [4.78, 5) is 13.7. The van der Waals surface area contributed by atoms with Crippen LogP contribution < -0.4 is 10.2 Å². The van der Waals surface area contributed by atoms with Crippen LogP contribution >= 0.6 is 24.0 Å². The van der Waals surface area contributed by atoms with Gasteiger partial charge >= 0.3 is 0 Å². The fourth-order valence-corrected chi connectivity index (χ4v) is 3.20. The first-order chi connectivity index (χ1) is 11.3. The van der Waals surface area contributed by atoms with E-state index in [1.807, 2.05) is 12.3 Å². The number of rotatable bonds is 4. The summed E-state index contributed by atoms with van der Waals surface area (Å²) < 4.78 is 0. The first-order valence-electron chi connectivity index (χ1n) is 8.67. The van der Waals surface area contributed by atoms with E-state index in [1.165, 1.54) is 18.4 Å². The van der Waals surface area contributed by atoms with E-state index in [4.69, 9.17) is 4.99 Å². The number of hydrogen-bond acceptors (Lipinski definition) is 4. The van der Waals surface area contributed by atoms with Gasteiger partial charge in [0.2, 0.25) is 0 Å². The second-order valence-electron chi connectivity index (χ2n) is 6.28. The Morgan fingerprint density at radius 2 is 2.17 bits per heavy atom. The Labute approximate surface area is 161 Å². The van der Waals surface area contributed by atoms with Crippen LogP contribution in [-0.2, 0) is 6.54 Å². The van der Waals surface area contributed by atoms with Crippen molar-refractivity contribution in [3.63, 3.8) is 0 Å². The second kappa shape index (κ2) is 9.41. The number of aliphatic hydroxyl groups excluding tert-OH is 1. The number of aliphatic hydroxyl groups is 1. The zero-order chi connectivity index (χ0) is 16.1. The molecule has 0 amide bonds. The number of hydrogen-bond donors (Lipinski definition) is 2. The molecule has 0 aliphatic carbocycles. The lowest BCUT2D eigenvalue weighted by Gasteiger charge is -2.21. The minimum Gasteiger partial charge on any atom is -0.391 e. The van der Waals surface area contributed by atoms with Gasteiger partial charge in [-0.25, -0.2) is 9.98 Å². The van der Waals surface area contributed by atoms with Gasteiger partial charge in [0.05, 0.1) is 12.6 Å². The Balaban J connectivity index is 0.00000208. The van der Waals surface area contributed by atoms with Crippen molar-refractivity contribution in [1.82, 2.24) is 15.2 Å². The Kier molecular flexibility index (Phi) is 7.54. The van der Waals surface area contributed by atoms with E-state index in [-0.39, 0.29) is 30.1 Å². The van der Waals surface area contributed by atoms with Gasteiger partial charge in [-0.1, -0.05) is 0 Å². The fraction of sp³-hybridized carbons (Fsp3) is 0.647. The van der Waals surface area contributed by atoms with E-state index >= 15 is 0 Å². The van der Waals surface area contributed by atoms with Gasteiger partial charge in [0.1, 0.15) is 5.82 Å². The average molecular weight is 445 g/mol. The molecule has 0 spiro atoms. The minimum atomic E-state index is -0.235. The first-order valence-corrected chi connectivity index (χ1v) is 8.67. The molecule has 3 heterocycles. The van der Waals surface area contributed by atoms with Gasteiger partial charge in [-0.2, -0.15) is 0 Å². The number of β-amino-alcohol motifs (C(OH)–C–C–N with tert-alkyl or cyclic N) is 1. The van der Waals surface area contributed by atoms with Gasteiger partial charge in [-0.15, -0.1) is 24.0 Å². The van der Waals surface area contributed by atoms with Crippen molar-refractivity contribution in [3.05, 3.63) is 23.9 Å². The normalized spacial score (nSPS) is 21.1. The molecule has 3 rings (SSSR count). The van der Waals surface area contributed by atoms with E-state index in [2.05, 4.69) is 33.1 Å². The summed E-state index contributed by atoms with van der Waals surface area (Å²) in [6.45, 7) is 7.28. The topological polar surface area (TPSA) is 64.0 Å². The Morgan fingerprint density at radius 1 is 1.38 bits per heavy atom. The lowest BCUT2D eigenvalue weighted by molar-refractivity contribution is 0.188. The summed E-state index contributed by atoms with van der Waals surface area (Å²) in [6.07, 6.45) is 4.98. The summed E-state index contributed by atoms with van der Waals surface area (Å²) >= 11 is 0. The molecule has 2 fully saturated rings. The predicted octanol–water partition coefficient (Wildman–Crippen LogP) is 1.83. The van der Waals surface area contributed by atoms with E-state index in [0.29, 0.717) is 13.1 Å². The third-order valence-corrected chi connectivity index (χ3v) is 4.45. The lowest BCUT2D eigenvalue weighted by Crippen LogP contribution is -2.40. The van der Waals surface area contributed by atoms with Crippen LogP contribution in [0.15, 0.2) is 23.3 Å². The number of nitrogens with one attached hydrogen (secondary N) is 1. The Morgan fingerprint density at radius 3 is 2.83 bits per heavy atom. The van der Waals surface area contributed by atoms with Crippen molar-refractivity contribution in [3.8, 4) is 0 Å². The zero-order valence-corrected chi connectivity index (χ0v) is 16.6. The molecule has 0 bridgehead atoms. The van der Waals surface area contributed by atoms with Crippen LogP contribution in [0.2, 0.25) is 0 Å². The molecule has 1 atom stereocenters. The molecule has 0 aromatic carbocycles. The molecular weight excluding hydrogens is 417 g/mol. The van der Waals surface area contributed by atoms with Crippen molar-refractivity contribution < 1.29 is 5.11 Å². The third-order valence-electron chi connectivity index (χ3n) is 4.45. The zero-order valence-electron chi connectivity index (χ0n) is 14.3. The number of aromatic nitrogens is 1. The van der Waals surface area contributed by atoms with Crippen molar-refractivity contribution >= 4 is 35.8 Å². The van der Waals surface area contributed by atoms with Gasteiger partial charge in [-0.05, 0) is 43.9 Å². The van der Waals surface area contributed by atoms with Crippen LogP contribution in [0.1, 0.15) is 31.7 Å². The molecule has 24 heavy (non-hydrogen) atoms. The minimum absolute atomic E-state index is 0. The van der Waals surface area contributed by atoms with Crippen LogP contribution in [0.3, 0.4) is 0 Å². The highest BCUT2D eigenvalue weighted by molar-refractivity contribution is 14.0. The molecule has 0 saturated carbocycles. The van der Waals surface area contributed by atoms with E-state index in [9.17, 15) is 5.11 Å². The maximum Gasteiger partial charge on any atom is 0.194 e. The molecule has 2 saturated heterocycles. The molecule has 134 valence electrons. The van der Waals surface area contributed by atoms with Crippen molar-refractivity contribution in [2.24, 2.45) is 4.99 Å². The molecule has 2 N–H and O–H groups in total. The Hall–Kier alpha value is -1.09. The van der Waals surface area contributed by atoms with Crippen LogP contribution in [0.4, 0.5) is 5.82 Å². The summed E-state index contributed by atoms with van der Waals surface area (Å²) in [5.41, 5.74) is 1.18. The Bertz CT molecular complexity index is 548. The fourth-order valence-electron chi connectivity index (χ4n) is 3.20. The van der Waals surface area contributed by atoms with E-state index < -0.39 is 0 Å². The van der Waals surface area contributed by atoms with E-state index in [1.54, 1.807) is 0 Å². The van der Waals surface area contributed by atoms with Crippen LogP contribution in [0.5, 0.6) is 0 Å². The molecule has 2 aliphatic heterocycles. The number of aliphatic imine (C=N–C) groups is 1. The number of guanidine groups is 1. The van der Waals surface area contributed by atoms with Crippen molar-refractivity contribution in [1.29, 1.82) is 0 Å². The SMILES string of the molecule is CCNC(=NCc1ccnc(N2CCCC2)c1)N1CC[C@@H](O)C1.I. The van der Waals surface area contributed by atoms with Gasteiger partial charge in [0, 0.05) is 38.9 Å². The van der Waals surface area contributed by atoms with Crippen LogP contribution in [-0.4, -0.2) is 59.8 Å². The summed E-state index contributed by atoms with van der Waals surface area (Å²) in [6, 6.07) is 4.18. The van der Waals surface area contributed by atoms with Crippen molar-refractivity contribution in [2.75, 3.05) is 37.6 Å². The summed E-state index contributed by atoms with van der Waals surface area (Å²) in [5, 5.41) is 13.0. The highest BCUT2D eigenvalue weighted by Crippen LogP contribution is 2.19. The molecule has 0 radical (unpaired) electrons. The lowest BCUT2D eigenvalue weighted by atomic mass is 10.2. The number of halogens is 1. The molecule has 1 aromatic rings. The van der Waals surface area contributed by atoms with E-state index in [0.717, 1.165) is 44.4 Å². The highest BCUT2D eigenvalue weighted by atomic mass is 127. The second-order valence-corrected chi connectivity index (χ2v) is 6.28. The molecule has 7 heteroatoms. The van der Waals surface area contributed by atoms with Gasteiger partial charge in [0.25, 0.3) is 0 Å². The van der Waals surface area contributed by atoms with Crippen LogP contribution in [0.25, 0.3) is 0 Å². The van der Waals surface area contributed by atoms with Gasteiger partial charge in [0.15, 0.2) is 5.96 Å². The number of nitrogens with zero attached hydrogens (tertiary/aromatic N) is 4. The largest absolute Gasteiger partial charge is 0.391 e. The number of pyridine rings is 1. The summed E-state index contributed by atoms with van der Waals surface area (Å²) in [5.74, 6) is 1.96. The quantitative estimate of drug-likeness (QED) is 0.421. The molecular formula is C17H28IN5O. The smallest absolute Gasteiger partial charge is 0.194 e. The molecule has 1 aromatic heterocycles. The standard InChI is InChI=1S/C17H27N5O.HI/c1-2-18-17(22-10-6-15(23)13-22)20-12-14-5-7-19-16(11-14)21-8-3-4-9-21;/h5,7,11,15,23H,2-4,6,8-10,12-13H2,1H3,(H,18,20);1H/t15-;/m1./s1. The summed E-state index contributed by atoms with van der Waals surface area (Å²) in [7, 11) is 0. The number of likely N-dealkylation sites (tertiary alicyclic amines) is 1. The van der Waals surface area contributed by atoms with Gasteiger partial charge in [-0.3, -0.25) is 0 Å². The predicted molar refractivity (Wildman–Crippen MR) is 108 cm³/mol. The molecule has 2 aliphatic rings. The third kappa shape index (κ3) is 4.95. The van der Waals surface area contributed by atoms with Crippen molar-refractivity contribution in [2.45, 2.75) is 38.8 Å². The number of anilines is 1. The van der Waals surface area contributed by atoms with Gasteiger partial charge < -0.3 is 20.2 Å². The average Bonchev–Trinajstić information content (AvgIpc) is 3.23.